The predicted molar refractivity (Wildman–Crippen MR) is 93.5 cm³/mol. The minimum absolute atomic E-state index is 0.0839. The van der Waals surface area contributed by atoms with Crippen LogP contribution < -0.4 is 0 Å². The number of carbonyl (C=O) groups is 4. The predicted octanol–water partition coefficient (Wildman–Crippen LogP) is 2.87. The van der Waals surface area contributed by atoms with Crippen LogP contribution in [0.2, 0.25) is 0 Å². The summed E-state index contributed by atoms with van der Waals surface area (Å²) in [5.41, 5.74) is 1.20. The quantitative estimate of drug-likeness (QED) is 0.660. The molecular formula is C20H17NO5. The van der Waals surface area contributed by atoms with Gasteiger partial charge >= 0.3 is 5.97 Å². The molecule has 1 aliphatic heterocycles. The van der Waals surface area contributed by atoms with Crippen LogP contribution in [0.4, 0.5) is 0 Å². The van der Waals surface area contributed by atoms with Gasteiger partial charge in [0, 0.05) is 17.7 Å². The molecule has 1 heterocycles. The van der Waals surface area contributed by atoms with Crippen LogP contribution in [0.5, 0.6) is 0 Å². The van der Waals surface area contributed by atoms with Gasteiger partial charge in [-0.15, -0.1) is 0 Å². The molecule has 1 N–H and O–H groups in total. The van der Waals surface area contributed by atoms with Crippen molar-refractivity contribution in [2.75, 3.05) is 6.54 Å². The smallest absolute Gasteiger partial charge is 0.335 e. The van der Waals surface area contributed by atoms with Gasteiger partial charge in [0.05, 0.1) is 16.7 Å². The summed E-state index contributed by atoms with van der Waals surface area (Å²) in [6.45, 7) is 4.16. The maximum Gasteiger partial charge on any atom is 0.335 e. The van der Waals surface area contributed by atoms with Crippen molar-refractivity contribution >= 4 is 23.6 Å². The molecule has 2 amide bonds. The van der Waals surface area contributed by atoms with Crippen LogP contribution in [0, 0.1) is 5.92 Å². The first kappa shape index (κ1) is 17.5. The molecule has 1 aliphatic rings. The molecule has 0 aromatic heterocycles. The Morgan fingerprint density at radius 3 is 2.00 bits per heavy atom. The average Bonchev–Trinajstić information content (AvgIpc) is 2.85. The molecule has 132 valence electrons. The molecule has 0 unspecified atom stereocenters. The van der Waals surface area contributed by atoms with Gasteiger partial charge in [-0.3, -0.25) is 19.3 Å². The van der Waals surface area contributed by atoms with Crippen LogP contribution in [-0.2, 0) is 0 Å². The van der Waals surface area contributed by atoms with E-state index in [4.69, 9.17) is 5.11 Å². The van der Waals surface area contributed by atoms with E-state index in [9.17, 15) is 19.2 Å². The Bertz CT molecular complexity index is 928. The third-order valence-electron chi connectivity index (χ3n) is 4.17. The molecule has 0 saturated carbocycles. The lowest BCUT2D eigenvalue weighted by molar-refractivity contribution is 0.0633. The summed E-state index contributed by atoms with van der Waals surface area (Å²) in [7, 11) is 0. The van der Waals surface area contributed by atoms with Gasteiger partial charge in [0.25, 0.3) is 11.8 Å². The van der Waals surface area contributed by atoms with Gasteiger partial charge < -0.3 is 5.11 Å². The first-order valence-corrected chi connectivity index (χ1v) is 8.18. The number of carboxylic acids is 1. The summed E-state index contributed by atoms with van der Waals surface area (Å²) in [5, 5.41) is 8.92. The van der Waals surface area contributed by atoms with Crippen molar-refractivity contribution in [1.29, 1.82) is 0 Å². The molecule has 0 bridgehead atoms. The molecule has 0 spiro atoms. The minimum atomic E-state index is -1.07. The van der Waals surface area contributed by atoms with Crippen LogP contribution in [0.25, 0.3) is 0 Å². The number of ketones is 1. The number of amides is 2. The summed E-state index contributed by atoms with van der Waals surface area (Å²) in [4.78, 5) is 49.6. The number of rotatable bonds is 5. The lowest BCUT2D eigenvalue weighted by Gasteiger charge is -2.15. The Morgan fingerprint density at radius 1 is 0.885 bits per heavy atom. The van der Waals surface area contributed by atoms with Gasteiger partial charge in [0.1, 0.15) is 0 Å². The van der Waals surface area contributed by atoms with E-state index in [0.29, 0.717) is 17.7 Å². The second-order valence-electron chi connectivity index (χ2n) is 6.59. The molecule has 0 atom stereocenters. The highest BCUT2D eigenvalue weighted by Crippen LogP contribution is 2.26. The third kappa shape index (κ3) is 3.01. The number of carboxylic acid groups (broad SMARTS) is 1. The molecule has 0 radical (unpaired) electrons. The third-order valence-corrected chi connectivity index (χ3v) is 4.17. The number of hydrogen-bond acceptors (Lipinski definition) is 4. The molecule has 0 saturated heterocycles. The largest absolute Gasteiger partial charge is 0.478 e. The van der Waals surface area contributed by atoms with Gasteiger partial charge in [-0.1, -0.05) is 32.0 Å². The van der Waals surface area contributed by atoms with Crippen molar-refractivity contribution in [2.45, 2.75) is 13.8 Å². The van der Waals surface area contributed by atoms with Crippen molar-refractivity contribution in [2.24, 2.45) is 5.92 Å². The topological polar surface area (TPSA) is 91.8 Å². The fourth-order valence-electron chi connectivity index (χ4n) is 2.89. The Morgan fingerprint density at radius 2 is 1.42 bits per heavy atom. The number of carbonyl (C=O) groups excluding carboxylic acids is 3. The highest BCUT2D eigenvalue weighted by Gasteiger charge is 2.36. The Balaban J connectivity index is 1.92. The fraction of sp³-hybridized carbons (Fsp3) is 0.200. The lowest BCUT2D eigenvalue weighted by Crippen LogP contribution is -2.33. The average molecular weight is 351 g/mol. The molecule has 0 aliphatic carbocycles. The molecule has 0 fully saturated rings. The van der Waals surface area contributed by atoms with Crippen LogP contribution in [-0.4, -0.2) is 40.1 Å². The zero-order valence-electron chi connectivity index (χ0n) is 14.4. The zero-order chi connectivity index (χ0) is 19.0. The first-order valence-electron chi connectivity index (χ1n) is 8.18. The summed E-state index contributed by atoms with van der Waals surface area (Å²) in [6.07, 6.45) is 0. The van der Waals surface area contributed by atoms with E-state index < -0.39 is 11.9 Å². The molecular weight excluding hydrogens is 334 g/mol. The normalized spacial score (nSPS) is 13.3. The van der Waals surface area contributed by atoms with Crippen molar-refractivity contribution in [1.82, 2.24) is 4.90 Å². The van der Waals surface area contributed by atoms with E-state index in [1.54, 1.807) is 0 Å². The monoisotopic (exact) mass is 351 g/mol. The second kappa shape index (κ2) is 6.55. The van der Waals surface area contributed by atoms with E-state index in [2.05, 4.69) is 0 Å². The lowest BCUT2D eigenvalue weighted by atomic mass is 9.98. The van der Waals surface area contributed by atoms with Crippen LogP contribution in [0.15, 0.2) is 42.5 Å². The summed E-state index contributed by atoms with van der Waals surface area (Å²) in [5.74, 6) is -2.01. The minimum Gasteiger partial charge on any atom is -0.478 e. The van der Waals surface area contributed by atoms with Crippen LogP contribution in [0.1, 0.15) is 60.8 Å². The van der Waals surface area contributed by atoms with Crippen molar-refractivity contribution in [3.05, 3.63) is 70.3 Å². The van der Waals surface area contributed by atoms with E-state index in [1.807, 2.05) is 13.8 Å². The summed E-state index contributed by atoms with van der Waals surface area (Å²) >= 11 is 0. The highest BCUT2D eigenvalue weighted by molar-refractivity contribution is 6.22. The van der Waals surface area contributed by atoms with Gasteiger partial charge in [-0.2, -0.15) is 0 Å². The standard InChI is InChI=1S/C20H17NO5/c1-11(2)10-21-18(23)15-8-7-14(9-16(15)19(21)24)17(22)12-3-5-13(6-4-12)20(25)26/h3-9,11H,10H2,1-2H3,(H,25,26). The number of fused-ring (bicyclic) bond motifs is 1. The molecule has 2 aromatic carbocycles. The number of hydrogen-bond donors (Lipinski definition) is 1. The van der Waals surface area contributed by atoms with Crippen molar-refractivity contribution in [3.63, 3.8) is 0 Å². The van der Waals surface area contributed by atoms with Gasteiger partial charge in [-0.25, -0.2) is 4.79 Å². The van der Waals surface area contributed by atoms with Crippen LogP contribution in [0.3, 0.4) is 0 Å². The van der Waals surface area contributed by atoms with E-state index in [-0.39, 0.29) is 34.3 Å². The Hall–Kier alpha value is -3.28. The number of aromatic carboxylic acids is 1. The van der Waals surface area contributed by atoms with Gasteiger partial charge in [0.15, 0.2) is 5.78 Å². The van der Waals surface area contributed by atoms with E-state index in [0.717, 1.165) is 0 Å². The molecule has 6 nitrogen and oxygen atoms in total. The SMILES string of the molecule is CC(C)CN1C(=O)c2ccc(C(=O)c3ccc(C(=O)O)cc3)cc2C1=O. The van der Waals surface area contributed by atoms with E-state index in [1.165, 1.54) is 47.4 Å². The van der Waals surface area contributed by atoms with Crippen LogP contribution >= 0.6 is 0 Å². The molecule has 2 aromatic rings. The number of imide groups is 1. The highest BCUT2D eigenvalue weighted by atomic mass is 16.4. The number of nitrogens with zero attached hydrogens (tertiary/aromatic N) is 1. The van der Waals surface area contributed by atoms with Crippen molar-refractivity contribution in [3.8, 4) is 0 Å². The summed E-state index contributed by atoms with van der Waals surface area (Å²) < 4.78 is 0. The molecule has 6 heteroatoms. The maximum absolute atomic E-state index is 12.6. The Labute approximate surface area is 150 Å². The maximum atomic E-state index is 12.6. The van der Waals surface area contributed by atoms with E-state index >= 15 is 0 Å². The fourth-order valence-corrected chi connectivity index (χ4v) is 2.89. The van der Waals surface area contributed by atoms with Crippen molar-refractivity contribution < 1.29 is 24.3 Å². The zero-order valence-corrected chi connectivity index (χ0v) is 14.4. The van der Waals surface area contributed by atoms with Gasteiger partial charge in [-0.05, 0) is 30.2 Å². The molecule has 26 heavy (non-hydrogen) atoms. The molecule has 3 rings (SSSR count). The first-order chi connectivity index (χ1) is 12.3. The second-order valence-corrected chi connectivity index (χ2v) is 6.59. The Kier molecular flexibility index (Phi) is 4.42. The summed E-state index contributed by atoms with van der Waals surface area (Å²) in [6, 6.07) is 9.99. The van der Waals surface area contributed by atoms with Gasteiger partial charge in [0.2, 0.25) is 0 Å². The number of benzene rings is 2.